The zero-order chi connectivity index (χ0) is 19.2. The van der Waals surface area contributed by atoms with Gasteiger partial charge in [-0.25, -0.2) is 0 Å². The monoisotopic (exact) mass is 368 g/mol. The van der Waals surface area contributed by atoms with Crippen LogP contribution in [-0.2, 0) is 11.3 Å². The highest BCUT2D eigenvalue weighted by atomic mass is 19.3. The maximum atomic E-state index is 12.8. The fourth-order valence-corrected chi connectivity index (χ4v) is 2.59. The molecule has 1 aromatic heterocycles. The molecule has 0 atom stereocenters. The Morgan fingerprint density at radius 2 is 2.04 bits per heavy atom. The lowest BCUT2D eigenvalue weighted by Crippen LogP contribution is -2.23. The third kappa shape index (κ3) is 4.30. The van der Waals surface area contributed by atoms with E-state index in [-0.39, 0.29) is 23.4 Å². The van der Waals surface area contributed by atoms with Crippen molar-refractivity contribution in [3.05, 3.63) is 71.7 Å². The molecule has 3 rings (SSSR count). The summed E-state index contributed by atoms with van der Waals surface area (Å²) in [5.74, 6) is -0.243. The van der Waals surface area contributed by atoms with Crippen molar-refractivity contribution in [1.82, 2.24) is 5.32 Å². The summed E-state index contributed by atoms with van der Waals surface area (Å²) in [6, 6.07) is 15.2. The van der Waals surface area contributed by atoms with E-state index in [1.54, 1.807) is 48.5 Å². The van der Waals surface area contributed by atoms with Crippen LogP contribution in [-0.4, -0.2) is 12.5 Å². The molecule has 0 aliphatic carbocycles. The average molecular weight is 368 g/mol. The highest BCUT2D eigenvalue weighted by Crippen LogP contribution is 2.31. The van der Waals surface area contributed by atoms with Crippen molar-refractivity contribution in [3.8, 4) is 11.8 Å². The van der Waals surface area contributed by atoms with E-state index in [4.69, 9.17) is 4.42 Å². The van der Waals surface area contributed by atoms with Gasteiger partial charge >= 0.3 is 6.61 Å². The highest BCUT2D eigenvalue weighted by molar-refractivity contribution is 6.04. The summed E-state index contributed by atoms with van der Waals surface area (Å²) in [4.78, 5) is 12.3. The molecule has 0 aliphatic rings. The zero-order valence-electron chi connectivity index (χ0n) is 14.0. The number of fused-ring (bicyclic) bond motifs is 1. The normalized spacial score (nSPS) is 11.4. The van der Waals surface area contributed by atoms with Gasteiger partial charge in [0.25, 0.3) is 5.91 Å². The first-order chi connectivity index (χ1) is 13.1. The van der Waals surface area contributed by atoms with Crippen LogP contribution in [0.3, 0.4) is 0 Å². The Labute approximate surface area is 153 Å². The Morgan fingerprint density at radius 1 is 1.22 bits per heavy atom. The van der Waals surface area contributed by atoms with Gasteiger partial charge in [0.05, 0.1) is 12.8 Å². The minimum atomic E-state index is -3.03. The number of carbonyl (C=O) groups is 1. The Morgan fingerprint density at radius 3 is 2.74 bits per heavy atom. The quantitative estimate of drug-likeness (QED) is 0.521. The lowest BCUT2D eigenvalue weighted by atomic mass is 10.0. The molecule has 0 radical (unpaired) electrons. The van der Waals surface area contributed by atoms with Crippen LogP contribution in [0.4, 0.5) is 8.78 Å². The first-order valence-electron chi connectivity index (χ1n) is 7.97. The smallest absolute Gasteiger partial charge is 0.387 e. The maximum Gasteiger partial charge on any atom is 0.387 e. The molecule has 136 valence electrons. The Balaban J connectivity index is 1.97. The number of hydrogen-bond donors (Lipinski definition) is 1. The molecular weight excluding hydrogens is 354 g/mol. The summed E-state index contributed by atoms with van der Waals surface area (Å²) in [7, 11) is 0. The van der Waals surface area contributed by atoms with E-state index in [2.05, 4.69) is 10.1 Å². The van der Waals surface area contributed by atoms with E-state index in [0.29, 0.717) is 11.1 Å². The number of carbonyl (C=O) groups excluding carboxylic acids is 1. The summed E-state index contributed by atoms with van der Waals surface area (Å²) >= 11 is 0. The van der Waals surface area contributed by atoms with Crippen molar-refractivity contribution >= 4 is 22.8 Å². The van der Waals surface area contributed by atoms with Crippen LogP contribution >= 0.6 is 0 Å². The number of benzene rings is 2. The number of furan rings is 1. The fraction of sp³-hybridized carbons (Fsp3) is 0.100. The van der Waals surface area contributed by atoms with Gasteiger partial charge in [-0.1, -0.05) is 30.3 Å². The van der Waals surface area contributed by atoms with Crippen LogP contribution in [0.1, 0.15) is 11.3 Å². The molecule has 0 saturated heterocycles. The van der Waals surface area contributed by atoms with Crippen LogP contribution in [0, 0.1) is 11.3 Å². The molecule has 0 fully saturated rings. The molecule has 1 N–H and O–H groups in total. The zero-order valence-corrected chi connectivity index (χ0v) is 14.0. The molecule has 1 amide bonds. The number of ether oxygens (including phenoxy) is 1. The SMILES string of the molecule is N#C/C(=C\c1c(OC(F)F)ccc2ccccc12)C(=O)NCc1ccco1. The van der Waals surface area contributed by atoms with Crippen LogP contribution in [0.25, 0.3) is 16.8 Å². The lowest BCUT2D eigenvalue weighted by molar-refractivity contribution is -0.117. The minimum Gasteiger partial charge on any atom is -0.467 e. The second kappa shape index (κ2) is 8.15. The first-order valence-corrected chi connectivity index (χ1v) is 7.97. The molecule has 7 heteroatoms. The third-order valence-electron chi connectivity index (χ3n) is 3.80. The number of halogens is 2. The standard InChI is InChI=1S/C20H14F2N2O3/c21-20(22)27-18-8-7-13-4-1-2-6-16(13)17(18)10-14(11-23)19(25)24-12-15-5-3-9-26-15/h1-10,20H,12H2,(H,24,25)/b14-10+. The average Bonchev–Trinajstić information content (AvgIpc) is 3.18. The summed E-state index contributed by atoms with van der Waals surface area (Å²) in [6.07, 6.45) is 2.71. The van der Waals surface area contributed by atoms with E-state index < -0.39 is 12.5 Å². The van der Waals surface area contributed by atoms with Gasteiger partial charge in [-0.3, -0.25) is 4.79 Å². The van der Waals surface area contributed by atoms with Crippen LogP contribution < -0.4 is 10.1 Å². The Hall–Kier alpha value is -3.66. The topological polar surface area (TPSA) is 75.3 Å². The summed E-state index contributed by atoms with van der Waals surface area (Å²) < 4.78 is 35.2. The first kappa shape index (κ1) is 18.1. The molecule has 0 bridgehead atoms. The van der Waals surface area contributed by atoms with Gasteiger partial charge in [-0.2, -0.15) is 14.0 Å². The number of nitriles is 1. The van der Waals surface area contributed by atoms with Gasteiger partial charge in [0.15, 0.2) is 0 Å². The van der Waals surface area contributed by atoms with E-state index in [1.807, 2.05) is 0 Å². The van der Waals surface area contributed by atoms with E-state index in [9.17, 15) is 18.8 Å². The molecule has 0 spiro atoms. The number of nitrogens with zero attached hydrogens (tertiary/aromatic N) is 1. The van der Waals surface area contributed by atoms with E-state index in [0.717, 1.165) is 5.39 Å². The maximum absolute atomic E-state index is 12.8. The van der Waals surface area contributed by atoms with Crippen molar-refractivity contribution in [2.75, 3.05) is 0 Å². The summed E-state index contributed by atoms with van der Waals surface area (Å²) in [6.45, 7) is -2.93. The van der Waals surface area contributed by atoms with Crippen molar-refractivity contribution in [2.45, 2.75) is 13.2 Å². The molecule has 0 aliphatic heterocycles. The van der Waals surface area contributed by atoms with Gasteiger partial charge in [-0.15, -0.1) is 0 Å². The number of hydrogen-bond acceptors (Lipinski definition) is 4. The fourth-order valence-electron chi connectivity index (χ4n) is 2.59. The van der Waals surface area contributed by atoms with Gasteiger partial charge in [0.1, 0.15) is 23.2 Å². The van der Waals surface area contributed by atoms with E-state index in [1.165, 1.54) is 18.4 Å². The molecule has 0 unspecified atom stereocenters. The minimum absolute atomic E-state index is 0.0980. The molecule has 3 aromatic rings. The molecule has 1 heterocycles. The van der Waals surface area contributed by atoms with Gasteiger partial charge in [-0.05, 0) is 35.0 Å². The summed E-state index contributed by atoms with van der Waals surface area (Å²) in [5, 5.41) is 13.3. The second-order valence-electron chi connectivity index (χ2n) is 5.51. The van der Waals surface area contributed by atoms with Crippen molar-refractivity contribution in [3.63, 3.8) is 0 Å². The highest BCUT2D eigenvalue weighted by Gasteiger charge is 2.15. The number of alkyl halides is 2. The Kier molecular flexibility index (Phi) is 5.47. The van der Waals surface area contributed by atoms with Crippen molar-refractivity contribution in [2.24, 2.45) is 0 Å². The number of rotatable bonds is 6. The lowest BCUT2D eigenvalue weighted by Gasteiger charge is -2.11. The van der Waals surface area contributed by atoms with Gasteiger partial charge < -0.3 is 14.5 Å². The molecule has 2 aromatic carbocycles. The predicted octanol–water partition coefficient (Wildman–Crippen LogP) is 4.26. The van der Waals surface area contributed by atoms with E-state index >= 15 is 0 Å². The van der Waals surface area contributed by atoms with Crippen molar-refractivity contribution in [1.29, 1.82) is 5.26 Å². The number of nitrogens with one attached hydrogen (secondary N) is 1. The molecule has 5 nitrogen and oxygen atoms in total. The largest absolute Gasteiger partial charge is 0.467 e. The molecule has 27 heavy (non-hydrogen) atoms. The molecule has 0 saturated carbocycles. The van der Waals surface area contributed by atoms with Gasteiger partial charge in [0, 0.05) is 5.56 Å². The summed E-state index contributed by atoms with van der Waals surface area (Å²) in [5.41, 5.74) is -0.00451. The van der Waals surface area contributed by atoms with Crippen LogP contribution in [0.5, 0.6) is 5.75 Å². The number of amides is 1. The predicted molar refractivity (Wildman–Crippen MR) is 94.7 cm³/mol. The third-order valence-corrected chi connectivity index (χ3v) is 3.80. The molecular formula is C20H14F2N2O3. The van der Waals surface area contributed by atoms with Gasteiger partial charge in [0.2, 0.25) is 0 Å². The second-order valence-corrected chi connectivity index (χ2v) is 5.51. The van der Waals surface area contributed by atoms with Crippen LogP contribution in [0.15, 0.2) is 64.8 Å². The van der Waals surface area contributed by atoms with Crippen molar-refractivity contribution < 1.29 is 22.7 Å². The Bertz CT molecular complexity index is 1020. The van der Waals surface area contributed by atoms with Crippen LogP contribution in [0.2, 0.25) is 0 Å².